The molecule has 1 fully saturated rings. The normalized spacial score (nSPS) is 18.2. The molecule has 2 aliphatic rings. The van der Waals surface area contributed by atoms with Gasteiger partial charge in [-0.2, -0.15) is 0 Å². The van der Waals surface area contributed by atoms with Crippen LogP contribution in [0.5, 0.6) is 5.75 Å². The van der Waals surface area contributed by atoms with Gasteiger partial charge < -0.3 is 29.9 Å². The maximum Gasteiger partial charge on any atom is 0.410 e. The zero-order chi connectivity index (χ0) is 23.0. The van der Waals surface area contributed by atoms with Crippen molar-refractivity contribution in [2.45, 2.75) is 32.6 Å². The van der Waals surface area contributed by atoms with Crippen LogP contribution in [0.4, 0.5) is 16.3 Å². The summed E-state index contributed by atoms with van der Waals surface area (Å²) < 4.78 is 11.5. The number of piperazine rings is 1. The zero-order valence-electron chi connectivity index (χ0n) is 18.9. The lowest BCUT2D eigenvalue weighted by atomic mass is 10.1. The minimum absolute atomic E-state index is 0.126. The van der Waals surface area contributed by atoms with Crippen LogP contribution in [0.25, 0.3) is 0 Å². The molecule has 2 amide bonds. The number of aromatic nitrogens is 1. The van der Waals surface area contributed by atoms with Crippen LogP contribution in [0.3, 0.4) is 0 Å². The molecule has 9 heteroatoms. The van der Waals surface area contributed by atoms with Gasteiger partial charge in [0.25, 0.3) is 5.91 Å². The summed E-state index contributed by atoms with van der Waals surface area (Å²) in [4.78, 5) is 35.1. The highest BCUT2D eigenvalue weighted by atomic mass is 16.6. The van der Waals surface area contributed by atoms with Crippen LogP contribution in [0.15, 0.2) is 36.5 Å². The van der Waals surface area contributed by atoms with E-state index in [4.69, 9.17) is 15.2 Å². The molecule has 1 unspecified atom stereocenters. The first-order chi connectivity index (χ1) is 15.1. The molecule has 9 nitrogen and oxygen atoms in total. The van der Waals surface area contributed by atoms with Crippen molar-refractivity contribution in [3.05, 3.63) is 47.7 Å². The molecule has 0 spiro atoms. The number of pyridine rings is 1. The Morgan fingerprint density at radius 1 is 1.12 bits per heavy atom. The molecular weight excluding hydrogens is 410 g/mol. The van der Waals surface area contributed by atoms with E-state index in [9.17, 15) is 9.59 Å². The molecule has 1 saturated heterocycles. The third kappa shape index (κ3) is 4.42. The smallest absolute Gasteiger partial charge is 0.410 e. The van der Waals surface area contributed by atoms with Crippen molar-refractivity contribution in [1.29, 1.82) is 0 Å². The zero-order valence-corrected chi connectivity index (χ0v) is 18.9. The average Bonchev–Trinajstić information content (AvgIpc) is 3.08. The third-order valence-electron chi connectivity index (χ3n) is 5.40. The number of carbonyl (C=O) groups is 2. The van der Waals surface area contributed by atoms with Crippen molar-refractivity contribution >= 4 is 23.5 Å². The quantitative estimate of drug-likeness (QED) is 0.718. The number of amides is 2. The molecule has 0 bridgehead atoms. The first-order valence-electron chi connectivity index (χ1n) is 10.6. The largest absolute Gasteiger partial charge is 0.462 e. The Morgan fingerprint density at radius 2 is 1.81 bits per heavy atom. The summed E-state index contributed by atoms with van der Waals surface area (Å²) in [7, 11) is 1.89. The fraction of sp³-hybridized carbons (Fsp3) is 0.435. The van der Waals surface area contributed by atoms with Gasteiger partial charge in [0, 0.05) is 56.2 Å². The number of rotatable bonds is 2. The van der Waals surface area contributed by atoms with Crippen LogP contribution >= 0.6 is 0 Å². The number of nitrogen functional groups attached to an aromatic ring is 1. The number of carbonyl (C=O) groups excluding carboxylic acids is 2. The van der Waals surface area contributed by atoms with Gasteiger partial charge in [-0.1, -0.05) is 0 Å². The third-order valence-corrected chi connectivity index (χ3v) is 5.40. The summed E-state index contributed by atoms with van der Waals surface area (Å²) in [5.74, 6) is 1.30. The number of nitrogens with two attached hydrogens (primary N) is 1. The second-order valence-corrected chi connectivity index (χ2v) is 9.05. The van der Waals surface area contributed by atoms with Gasteiger partial charge in [0.1, 0.15) is 5.60 Å². The van der Waals surface area contributed by atoms with Gasteiger partial charge in [-0.05, 0) is 51.1 Å². The maximum atomic E-state index is 13.2. The van der Waals surface area contributed by atoms with Crippen molar-refractivity contribution in [1.82, 2.24) is 14.8 Å². The number of nitrogens with zero attached hydrogens (tertiary/aromatic N) is 4. The number of ether oxygens (including phenoxy) is 2. The van der Waals surface area contributed by atoms with Crippen LogP contribution in [-0.4, -0.2) is 65.6 Å². The van der Waals surface area contributed by atoms with Crippen LogP contribution < -0.4 is 15.4 Å². The molecule has 2 N–H and O–H groups in total. The second-order valence-electron chi connectivity index (χ2n) is 9.05. The summed E-state index contributed by atoms with van der Waals surface area (Å²) in [5, 5.41) is 0. The first-order valence-corrected chi connectivity index (χ1v) is 10.6. The molecule has 2 aliphatic heterocycles. The van der Waals surface area contributed by atoms with Gasteiger partial charge in [0.05, 0.1) is 0 Å². The lowest BCUT2D eigenvalue weighted by Gasteiger charge is -2.35. The summed E-state index contributed by atoms with van der Waals surface area (Å²) in [6, 6.07) is 8.98. The topological polar surface area (TPSA) is 101 Å². The van der Waals surface area contributed by atoms with Crippen molar-refractivity contribution in [2.75, 3.05) is 43.9 Å². The fourth-order valence-corrected chi connectivity index (χ4v) is 3.88. The van der Waals surface area contributed by atoms with E-state index in [1.807, 2.05) is 57.0 Å². The Labute approximate surface area is 187 Å². The average molecular weight is 440 g/mol. The van der Waals surface area contributed by atoms with E-state index >= 15 is 0 Å². The van der Waals surface area contributed by atoms with E-state index in [0.29, 0.717) is 43.2 Å². The Balaban J connectivity index is 1.46. The van der Waals surface area contributed by atoms with Gasteiger partial charge in [0.15, 0.2) is 17.8 Å². The van der Waals surface area contributed by atoms with Crippen molar-refractivity contribution in [2.24, 2.45) is 0 Å². The number of fused-ring (bicyclic) bond motifs is 1. The summed E-state index contributed by atoms with van der Waals surface area (Å²) in [6.45, 7) is 7.21. The molecule has 2 aromatic rings. The van der Waals surface area contributed by atoms with Gasteiger partial charge >= 0.3 is 6.09 Å². The van der Waals surface area contributed by atoms with Gasteiger partial charge in [-0.15, -0.1) is 0 Å². The number of benzene rings is 1. The second kappa shape index (κ2) is 8.22. The van der Waals surface area contributed by atoms with Crippen molar-refractivity contribution in [3.63, 3.8) is 0 Å². The van der Waals surface area contributed by atoms with Gasteiger partial charge in [-0.3, -0.25) is 4.79 Å². The van der Waals surface area contributed by atoms with E-state index < -0.39 is 11.8 Å². The van der Waals surface area contributed by atoms with Crippen LogP contribution in [0.1, 0.15) is 42.9 Å². The molecule has 3 heterocycles. The lowest BCUT2D eigenvalue weighted by Crippen LogP contribution is -2.51. The number of anilines is 2. The molecule has 0 saturated carbocycles. The number of hydrogen-bond donors (Lipinski definition) is 1. The maximum absolute atomic E-state index is 13.2. The predicted molar refractivity (Wildman–Crippen MR) is 121 cm³/mol. The summed E-state index contributed by atoms with van der Waals surface area (Å²) >= 11 is 0. The van der Waals surface area contributed by atoms with E-state index in [2.05, 4.69) is 4.98 Å². The molecule has 4 rings (SSSR count). The predicted octanol–water partition coefficient (Wildman–Crippen LogP) is 2.88. The van der Waals surface area contributed by atoms with Gasteiger partial charge in [0.2, 0.25) is 0 Å². The Bertz CT molecular complexity index is 1030. The van der Waals surface area contributed by atoms with Crippen LogP contribution in [0.2, 0.25) is 0 Å². The summed E-state index contributed by atoms with van der Waals surface area (Å²) in [6.07, 6.45) is 0.941. The van der Waals surface area contributed by atoms with E-state index in [1.165, 1.54) is 0 Å². The Kier molecular flexibility index (Phi) is 5.58. The molecule has 0 radical (unpaired) electrons. The minimum atomic E-state index is -0.549. The highest BCUT2D eigenvalue weighted by Crippen LogP contribution is 2.40. The fourth-order valence-electron chi connectivity index (χ4n) is 3.88. The van der Waals surface area contributed by atoms with Crippen molar-refractivity contribution in [3.8, 4) is 5.75 Å². The monoisotopic (exact) mass is 439 g/mol. The molecule has 1 aromatic carbocycles. The van der Waals surface area contributed by atoms with E-state index in [-0.39, 0.29) is 12.0 Å². The highest BCUT2D eigenvalue weighted by molar-refractivity contribution is 5.95. The Hall–Kier alpha value is -3.49. The standard InChI is InChI=1S/C23H29N5O4/c1-23(2,3)32-22(30)28-10-8-27(9-11-28)20(29)15-12-16(14-17(24)13-15)21-26(4)19-18(31-21)6-5-7-25-19/h5-7,12-14,21H,8-11,24H2,1-4H3. The SMILES string of the molecule is CN1c2ncccc2OC1c1cc(N)cc(C(=O)N2CCN(C(=O)OC(C)(C)C)CC2)c1. The summed E-state index contributed by atoms with van der Waals surface area (Å²) in [5.41, 5.74) is 7.34. The van der Waals surface area contributed by atoms with Crippen molar-refractivity contribution < 1.29 is 19.1 Å². The molecule has 32 heavy (non-hydrogen) atoms. The molecular formula is C23H29N5O4. The molecule has 1 aromatic heterocycles. The Morgan fingerprint density at radius 3 is 2.47 bits per heavy atom. The number of hydrogen-bond acceptors (Lipinski definition) is 7. The highest BCUT2D eigenvalue weighted by Gasteiger charge is 2.32. The van der Waals surface area contributed by atoms with E-state index in [0.717, 1.165) is 11.4 Å². The van der Waals surface area contributed by atoms with E-state index in [1.54, 1.807) is 22.1 Å². The lowest BCUT2D eigenvalue weighted by molar-refractivity contribution is 0.0141. The van der Waals surface area contributed by atoms with Gasteiger partial charge in [-0.25, -0.2) is 9.78 Å². The van der Waals surface area contributed by atoms with Crippen LogP contribution in [-0.2, 0) is 4.74 Å². The molecule has 1 atom stereocenters. The minimum Gasteiger partial charge on any atom is -0.462 e. The molecule has 170 valence electrons. The molecule has 0 aliphatic carbocycles. The van der Waals surface area contributed by atoms with Crippen LogP contribution in [0, 0.1) is 0 Å². The first kappa shape index (κ1) is 21.7.